The van der Waals surface area contributed by atoms with Crippen molar-refractivity contribution in [3.8, 4) is 0 Å². The molecule has 0 saturated heterocycles. The predicted molar refractivity (Wildman–Crippen MR) is 69.3 cm³/mol. The molecule has 0 aliphatic carbocycles. The number of rotatable bonds is 3. The highest BCUT2D eigenvalue weighted by Gasteiger charge is 2.06. The minimum atomic E-state index is -0.104. The summed E-state index contributed by atoms with van der Waals surface area (Å²) >= 11 is 5.99. The number of benzene rings is 1. The van der Waals surface area contributed by atoms with Crippen LogP contribution in [0.4, 0.5) is 5.69 Å². The normalized spacial score (nSPS) is 10.5. The molecule has 2 N–H and O–H groups in total. The van der Waals surface area contributed by atoms with Gasteiger partial charge in [0.05, 0.1) is 12.2 Å². The average Bonchev–Trinajstić information content (AvgIpc) is 2.29. The number of fused-ring (bicyclic) bond motifs is 1. The zero-order chi connectivity index (χ0) is 12.3. The fraction of sp³-hybridized carbons (Fsp3) is 0.167. The van der Waals surface area contributed by atoms with Crippen molar-refractivity contribution in [2.45, 2.75) is 0 Å². The van der Waals surface area contributed by atoms with Gasteiger partial charge in [-0.3, -0.25) is 9.78 Å². The fourth-order valence-electron chi connectivity index (χ4n) is 1.63. The maximum atomic E-state index is 11.5. The number of carbonyl (C=O) groups is 1. The molecule has 0 aliphatic rings. The largest absolute Gasteiger partial charge is 0.324 e. The van der Waals surface area contributed by atoms with Gasteiger partial charge in [0.15, 0.2) is 0 Å². The van der Waals surface area contributed by atoms with Crippen molar-refractivity contribution in [3.63, 3.8) is 0 Å². The van der Waals surface area contributed by atoms with Crippen molar-refractivity contribution in [3.05, 3.63) is 35.6 Å². The van der Waals surface area contributed by atoms with E-state index < -0.39 is 0 Å². The molecule has 0 spiro atoms. The number of likely N-dealkylation sites (N-methyl/N-ethyl adjacent to an activating group) is 1. The summed E-state index contributed by atoms with van der Waals surface area (Å²) in [5.74, 6) is -0.104. The van der Waals surface area contributed by atoms with Crippen LogP contribution in [0.3, 0.4) is 0 Å². The van der Waals surface area contributed by atoms with Crippen molar-refractivity contribution in [2.75, 3.05) is 18.9 Å². The lowest BCUT2D eigenvalue weighted by Crippen LogP contribution is -2.25. The minimum absolute atomic E-state index is 0.104. The van der Waals surface area contributed by atoms with Gasteiger partial charge in [-0.15, -0.1) is 0 Å². The summed E-state index contributed by atoms with van der Waals surface area (Å²) in [6.45, 7) is 0.263. The van der Waals surface area contributed by atoms with Gasteiger partial charge in [-0.25, -0.2) is 0 Å². The van der Waals surface area contributed by atoms with Gasteiger partial charge in [-0.05, 0) is 25.2 Å². The Labute approximate surface area is 104 Å². The molecule has 5 heteroatoms. The van der Waals surface area contributed by atoms with E-state index in [1.807, 2.05) is 12.1 Å². The highest BCUT2D eigenvalue weighted by molar-refractivity contribution is 6.32. The number of nitrogens with zero attached hydrogens (tertiary/aromatic N) is 1. The lowest BCUT2D eigenvalue weighted by molar-refractivity contribution is -0.115. The maximum Gasteiger partial charge on any atom is 0.238 e. The quantitative estimate of drug-likeness (QED) is 0.875. The van der Waals surface area contributed by atoms with Crippen molar-refractivity contribution in [1.82, 2.24) is 10.3 Å². The van der Waals surface area contributed by atoms with E-state index in [9.17, 15) is 4.79 Å². The van der Waals surface area contributed by atoms with E-state index >= 15 is 0 Å². The molecule has 0 radical (unpaired) electrons. The Morgan fingerprint density at radius 2 is 2.29 bits per heavy atom. The second-order valence-electron chi connectivity index (χ2n) is 3.63. The second-order valence-corrected chi connectivity index (χ2v) is 4.07. The van der Waals surface area contributed by atoms with E-state index in [1.54, 1.807) is 25.5 Å². The Hall–Kier alpha value is -1.65. The summed E-state index contributed by atoms with van der Waals surface area (Å²) in [6, 6.07) is 5.40. The molecule has 0 unspecified atom stereocenters. The van der Waals surface area contributed by atoms with Gasteiger partial charge in [-0.1, -0.05) is 11.6 Å². The minimum Gasteiger partial charge on any atom is -0.324 e. The summed E-state index contributed by atoms with van der Waals surface area (Å²) in [4.78, 5) is 15.6. The number of nitrogens with one attached hydrogen (secondary N) is 2. The van der Waals surface area contributed by atoms with Crippen LogP contribution in [-0.2, 0) is 4.79 Å². The first-order valence-electron chi connectivity index (χ1n) is 5.18. The lowest BCUT2D eigenvalue weighted by atomic mass is 10.1. The molecule has 0 saturated carbocycles. The van der Waals surface area contributed by atoms with E-state index in [0.29, 0.717) is 10.7 Å². The van der Waals surface area contributed by atoms with Gasteiger partial charge in [-0.2, -0.15) is 0 Å². The second kappa shape index (κ2) is 5.12. The van der Waals surface area contributed by atoms with Crippen LogP contribution in [0.25, 0.3) is 10.8 Å². The maximum absolute atomic E-state index is 11.5. The molecule has 4 nitrogen and oxygen atoms in total. The molecule has 1 amide bonds. The molecule has 0 bridgehead atoms. The van der Waals surface area contributed by atoms with Crippen molar-refractivity contribution in [2.24, 2.45) is 0 Å². The Morgan fingerprint density at radius 3 is 3.06 bits per heavy atom. The van der Waals surface area contributed by atoms with E-state index in [1.165, 1.54) is 0 Å². The zero-order valence-electron chi connectivity index (χ0n) is 9.33. The first-order chi connectivity index (χ1) is 8.20. The first kappa shape index (κ1) is 11.8. The third-order valence-electron chi connectivity index (χ3n) is 2.33. The Bertz CT molecular complexity index is 556. The topological polar surface area (TPSA) is 54.0 Å². The van der Waals surface area contributed by atoms with Gasteiger partial charge < -0.3 is 10.6 Å². The van der Waals surface area contributed by atoms with E-state index in [2.05, 4.69) is 15.6 Å². The van der Waals surface area contributed by atoms with Crippen LogP contribution >= 0.6 is 11.6 Å². The summed E-state index contributed by atoms with van der Waals surface area (Å²) in [5, 5.41) is 8.01. The summed E-state index contributed by atoms with van der Waals surface area (Å²) in [5.41, 5.74) is 0.704. The van der Waals surface area contributed by atoms with E-state index in [4.69, 9.17) is 11.6 Å². The molecular formula is C12H12ClN3O. The van der Waals surface area contributed by atoms with Crippen molar-refractivity contribution < 1.29 is 4.79 Å². The van der Waals surface area contributed by atoms with Crippen LogP contribution in [-0.4, -0.2) is 24.5 Å². The molecule has 0 fully saturated rings. The lowest BCUT2D eigenvalue weighted by Gasteiger charge is -2.09. The standard InChI is InChI=1S/C12H12ClN3O/c1-14-7-12(17)16-11-5-9(13)4-8-6-15-3-2-10(8)11/h2-6,14H,7H2,1H3,(H,16,17). The highest BCUT2D eigenvalue weighted by Crippen LogP contribution is 2.27. The first-order valence-corrected chi connectivity index (χ1v) is 5.56. The van der Waals surface area contributed by atoms with Crippen LogP contribution in [0.5, 0.6) is 0 Å². The smallest absolute Gasteiger partial charge is 0.238 e. The van der Waals surface area contributed by atoms with Crippen molar-refractivity contribution >= 4 is 34.0 Å². The average molecular weight is 250 g/mol. The summed E-state index contributed by atoms with van der Waals surface area (Å²) < 4.78 is 0. The molecule has 0 atom stereocenters. The molecule has 88 valence electrons. The molecule has 0 aliphatic heterocycles. The van der Waals surface area contributed by atoms with Gasteiger partial charge in [0.25, 0.3) is 0 Å². The van der Waals surface area contributed by atoms with Gasteiger partial charge in [0.2, 0.25) is 5.91 Å². The fourth-order valence-corrected chi connectivity index (χ4v) is 1.86. The number of hydrogen-bond donors (Lipinski definition) is 2. The number of amides is 1. The van der Waals surface area contributed by atoms with Gasteiger partial charge in [0.1, 0.15) is 0 Å². The van der Waals surface area contributed by atoms with Crippen LogP contribution in [0.2, 0.25) is 5.02 Å². The number of aromatic nitrogens is 1. The van der Waals surface area contributed by atoms with Crippen LogP contribution in [0.1, 0.15) is 0 Å². The van der Waals surface area contributed by atoms with Gasteiger partial charge >= 0.3 is 0 Å². The van der Waals surface area contributed by atoms with Crippen LogP contribution < -0.4 is 10.6 Å². The Morgan fingerprint density at radius 1 is 1.47 bits per heavy atom. The number of hydrogen-bond acceptors (Lipinski definition) is 3. The van der Waals surface area contributed by atoms with Crippen LogP contribution in [0.15, 0.2) is 30.6 Å². The summed E-state index contributed by atoms with van der Waals surface area (Å²) in [6.07, 6.45) is 3.40. The molecular weight excluding hydrogens is 238 g/mol. The zero-order valence-corrected chi connectivity index (χ0v) is 10.1. The third kappa shape index (κ3) is 2.72. The molecule has 2 rings (SSSR count). The number of carbonyl (C=O) groups excluding carboxylic acids is 1. The summed E-state index contributed by atoms with van der Waals surface area (Å²) in [7, 11) is 1.72. The molecule has 1 heterocycles. The molecule has 1 aromatic carbocycles. The van der Waals surface area contributed by atoms with Crippen LogP contribution in [0, 0.1) is 0 Å². The SMILES string of the molecule is CNCC(=O)Nc1cc(Cl)cc2cnccc12. The van der Waals surface area contributed by atoms with E-state index in [-0.39, 0.29) is 12.5 Å². The molecule has 1 aromatic heterocycles. The Balaban J connectivity index is 2.42. The predicted octanol–water partition coefficient (Wildman–Crippen LogP) is 2.05. The highest BCUT2D eigenvalue weighted by atomic mass is 35.5. The molecule has 17 heavy (non-hydrogen) atoms. The van der Waals surface area contributed by atoms with Gasteiger partial charge in [0, 0.05) is 28.2 Å². The molecule has 2 aromatic rings. The number of anilines is 1. The van der Waals surface area contributed by atoms with E-state index in [0.717, 1.165) is 10.8 Å². The number of pyridine rings is 1. The third-order valence-corrected chi connectivity index (χ3v) is 2.55. The Kier molecular flexibility index (Phi) is 3.56. The monoisotopic (exact) mass is 249 g/mol. The van der Waals surface area contributed by atoms with Crippen molar-refractivity contribution in [1.29, 1.82) is 0 Å². The number of halogens is 1.